The van der Waals surface area contributed by atoms with Crippen molar-refractivity contribution in [1.82, 2.24) is 4.90 Å². The molecule has 0 aliphatic carbocycles. The zero-order chi connectivity index (χ0) is 13.3. The number of likely N-dealkylation sites (tertiary alicyclic amines) is 1. The van der Waals surface area contributed by atoms with E-state index in [1.807, 2.05) is 0 Å². The predicted molar refractivity (Wildman–Crippen MR) is 76.6 cm³/mol. The van der Waals surface area contributed by atoms with E-state index in [-0.39, 0.29) is 5.54 Å². The molecule has 2 nitrogen and oxygen atoms in total. The number of aliphatic imine (C=N–C) groups is 1. The summed E-state index contributed by atoms with van der Waals surface area (Å²) in [4.78, 5) is 7.03. The molecule has 0 aromatic carbocycles. The Morgan fingerprint density at radius 3 is 2.12 bits per heavy atom. The van der Waals surface area contributed by atoms with Crippen LogP contribution in [0.4, 0.5) is 0 Å². The van der Waals surface area contributed by atoms with E-state index >= 15 is 0 Å². The monoisotopic (exact) mass is 238 g/mol. The lowest BCUT2D eigenvalue weighted by molar-refractivity contribution is 0.115. The third kappa shape index (κ3) is 4.69. The second kappa shape index (κ2) is 4.99. The fourth-order valence-corrected chi connectivity index (χ4v) is 2.40. The van der Waals surface area contributed by atoms with Gasteiger partial charge in [0.2, 0.25) is 0 Å². The van der Waals surface area contributed by atoms with Gasteiger partial charge in [-0.1, -0.05) is 20.8 Å². The Kier molecular flexibility index (Phi) is 4.27. The minimum atomic E-state index is 0.0423. The summed E-state index contributed by atoms with van der Waals surface area (Å²) < 4.78 is 0. The van der Waals surface area contributed by atoms with Gasteiger partial charge in [-0.05, 0) is 51.9 Å². The molecule has 1 heterocycles. The first-order valence-corrected chi connectivity index (χ1v) is 6.91. The molecule has 0 aromatic rings. The van der Waals surface area contributed by atoms with Crippen LogP contribution in [0.1, 0.15) is 61.3 Å². The van der Waals surface area contributed by atoms with Gasteiger partial charge in [0, 0.05) is 12.6 Å². The molecule has 0 radical (unpaired) electrons. The summed E-state index contributed by atoms with van der Waals surface area (Å²) in [6.07, 6.45) is 4.66. The molecular formula is C15H30N2. The molecule has 1 saturated heterocycles. The molecule has 100 valence electrons. The molecule has 2 heteroatoms. The third-order valence-corrected chi connectivity index (χ3v) is 3.75. The Labute approximate surface area is 107 Å². The van der Waals surface area contributed by atoms with Gasteiger partial charge in [-0.25, -0.2) is 0 Å². The Morgan fingerprint density at radius 1 is 1.12 bits per heavy atom. The quantitative estimate of drug-likeness (QED) is 0.499. The minimum absolute atomic E-state index is 0.0423. The van der Waals surface area contributed by atoms with Crippen molar-refractivity contribution in [2.75, 3.05) is 6.54 Å². The molecule has 2 atom stereocenters. The van der Waals surface area contributed by atoms with Crippen molar-refractivity contribution in [3.63, 3.8) is 0 Å². The van der Waals surface area contributed by atoms with Crippen LogP contribution in [0.25, 0.3) is 0 Å². The summed E-state index contributed by atoms with van der Waals surface area (Å²) in [5.41, 5.74) is 0.488. The smallest absolute Gasteiger partial charge is 0.0858 e. The van der Waals surface area contributed by atoms with Crippen molar-refractivity contribution < 1.29 is 0 Å². The second-order valence-electron chi connectivity index (χ2n) is 7.59. The van der Waals surface area contributed by atoms with Gasteiger partial charge in [0.05, 0.1) is 11.9 Å². The predicted octanol–water partition coefficient (Wildman–Crippen LogP) is 3.96. The zero-order valence-corrected chi connectivity index (χ0v) is 12.7. The maximum atomic E-state index is 4.62. The van der Waals surface area contributed by atoms with Crippen molar-refractivity contribution in [2.24, 2.45) is 16.3 Å². The lowest BCUT2D eigenvalue weighted by Gasteiger charge is -2.42. The summed E-state index contributed by atoms with van der Waals surface area (Å²) in [7, 11) is 0. The highest BCUT2D eigenvalue weighted by molar-refractivity contribution is 5.56. The molecule has 0 N–H and O–H groups in total. The van der Waals surface area contributed by atoms with Crippen LogP contribution in [0.5, 0.6) is 0 Å². The second-order valence-corrected chi connectivity index (χ2v) is 7.59. The van der Waals surface area contributed by atoms with Gasteiger partial charge >= 0.3 is 0 Å². The van der Waals surface area contributed by atoms with Crippen LogP contribution in [-0.4, -0.2) is 29.4 Å². The average molecular weight is 238 g/mol. The van der Waals surface area contributed by atoms with Gasteiger partial charge in [0.1, 0.15) is 0 Å². The highest BCUT2D eigenvalue weighted by Gasteiger charge is 2.31. The van der Waals surface area contributed by atoms with Gasteiger partial charge in [-0.15, -0.1) is 0 Å². The van der Waals surface area contributed by atoms with Crippen LogP contribution in [0.3, 0.4) is 0 Å². The molecule has 17 heavy (non-hydrogen) atoms. The SMILES string of the molecule is C[C@@H]1C[C@H](C(C)(C)C)CCN1C=NC(C)(C)C. The van der Waals surface area contributed by atoms with Crippen molar-refractivity contribution in [1.29, 1.82) is 0 Å². The van der Waals surface area contributed by atoms with Crippen molar-refractivity contribution >= 4 is 6.34 Å². The molecule has 0 saturated carbocycles. The van der Waals surface area contributed by atoms with Gasteiger partial charge in [-0.3, -0.25) is 4.99 Å². The topological polar surface area (TPSA) is 15.6 Å². The lowest BCUT2D eigenvalue weighted by atomic mass is 9.73. The fourth-order valence-electron chi connectivity index (χ4n) is 2.40. The summed E-state index contributed by atoms with van der Waals surface area (Å²) >= 11 is 0. The van der Waals surface area contributed by atoms with E-state index in [0.29, 0.717) is 11.5 Å². The zero-order valence-electron chi connectivity index (χ0n) is 12.7. The van der Waals surface area contributed by atoms with E-state index < -0.39 is 0 Å². The first-order chi connectivity index (χ1) is 7.59. The van der Waals surface area contributed by atoms with E-state index in [4.69, 9.17) is 0 Å². The molecule has 1 aliphatic rings. The maximum Gasteiger partial charge on any atom is 0.0858 e. The Bertz CT molecular complexity index is 268. The van der Waals surface area contributed by atoms with Gasteiger partial charge in [0.25, 0.3) is 0 Å². The van der Waals surface area contributed by atoms with Gasteiger partial charge in [0.15, 0.2) is 0 Å². The summed E-state index contributed by atoms with van der Waals surface area (Å²) in [5.74, 6) is 0.844. The first-order valence-electron chi connectivity index (χ1n) is 6.91. The standard InChI is InChI=1S/C15H30N2/c1-12-10-13(14(2,3)4)8-9-17(12)11-16-15(5,6)7/h11-13H,8-10H2,1-7H3/t12-,13-/m1/s1. The number of hydrogen-bond donors (Lipinski definition) is 0. The van der Waals surface area contributed by atoms with Crippen LogP contribution in [0.2, 0.25) is 0 Å². The summed E-state index contributed by atoms with van der Waals surface area (Å²) in [5, 5.41) is 0. The molecule has 1 aliphatic heterocycles. The van der Waals surface area contributed by atoms with Crippen LogP contribution in [-0.2, 0) is 0 Å². The molecule has 0 spiro atoms. The van der Waals surface area contributed by atoms with E-state index in [2.05, 4.69) is 64.7 Å². The number of nitrogens with zero attached hydrogens (tertiary/aromatic N) is 2. The molecule has 1 fully saturated rings. The summed E-state index contributed by atoms with van der Waals surface area (Å²) in [6.45, 7) is 17.0. The maximum absolute atomic E-state index is 4.62. The van der Waals surface area contributed by atoms with Gasteiger partial charge in [-0.2, -0.15) is 0 Å². The number of hydrogen-bond acceptors (Lipinski definition) is 1. The number of piperidine rings is 1. The van der Waals surface area contributed by atoms with E-state index in [9.17, 15) is 0 Å². The normalized spacial score (nSPS) is 27.8. The van der Waals surface area contributed by atoms with Gasteiger partial charge < -0.3 is 4.90 Å². The van der Waals surface area contributed by atoms with E-state index in [0.717, 1.165) is 12.5 Å². The van der Waals surface area contributed by atoms with Crippen LogP contribution >= 0.6 is 0 Å². The largest absolute Gasteiger partial charge is 0.360 e. The van der Waals surface area contributed by atoms with Crippen molar-refractivity contribution in [3.05, 3.63) is 0 Å². The van der Waals surface area contributed by atoms with Crippen LogP contribution < -0.4 is 0 Å². The van der Waals surface area contributed by atoms with E-state index in [1.165, 1.54) is 12.8 Å². The van der Waals surface area contributed by atoms with Crippen LogP contribution in [0, 0.1) is 11.3 Å². The molecule has 0 aromatic heterocycles. The van der Waals surface area contributed by atoms with Crippen LogP contribution in [0.15, 0.2) is 4.99 Å². The lowest BCUT2D eigenvalue weighted by Crippen LogP contribution is -2.43. The molecule has 0 amide bonds. The average Bonchev–Trinajstić information content (AvgIpc) is 2.12. The Hall–Kier alpha value is -0.530. The highest BCUT2D eigenvalue weighted by Crippen LogP contribution is 2.36. The molecule has 0 bridgehead atoms. The molecule has 1 rings (SSSR count). The summed E-state index contributed by atoms with van der Waals surface area (Å²) in [6, 6.07) is 0.624. The van der Waals surface area contributed by atoms with Crippen molar-refractivity contribution in [2.45, 2.75) is 72.9 Å². The minimum Gasteiger partial charge on any atom is -0.360 e. The Balaban J connectivity index is 2.57. The fraction of sp³-hybridized carbons (Fsp3) is 0.933. The molecular weight excluding hydrogens is 208 g/mol. The first kappa shape index (κ1) is 14.5. The van der Waals surface area contributed by atoms with Crippen molar-refractivity contribution in [3.8, 4) is 0 Å². The Morgan fingerprint density at radius 2 is 1.71 bits per heavy atom. The van der Waals surface area contributed by atoms with E-state index in [1.54, 1.807) is 0 Å². The third-order valence-electron chi connectivity index (χ3n) is 3.75. The molecule has 0 unspecified atom stereocenters. The highest BCUT2D eigenvalue weighted by atomic mass is 15.2. The number of rotatable bonds is 1.